The third-order valence-electron chi connectivity index (χ3n) is 1.30. The van der Waals surface area contributed by atoms with Crippen LogP contribution in [0.5, 0.6) is 5.88 Å². The lowest BCUT2D eigenvalue weighted by Crippen LogP contribution is -2.20. The number of nitrogens with one attached hydrogen (secondary N) is 1. The zero-order valence-electron chi connectivity index (χ0n) is 6.85. The molecule has 1 N–H and O–H groups in total. The highest BCUT2D eigenvalue weighted by Gasteiger charge is 2.32. The summed E-state index contributed by atoms with van der Waals surface area (Å²) in [5.74, 6) is -0.779. The molecule has 0 aliphatic rings. The van der Waals surface area contributed by atoms with E-state index in [0.717, 1.165) is 0 Å². The molecule has 1 aromatic heterocycles. The van der Waals surface area contributed by atoms with E-state index in [4.69, 9.17) is 5.26 Å². The van der Waals surface area contributed by atoms with Crippen molar-refractivity contribution in [1.82, 2.24) is 4.98 Å². The largest absolute Gasteiger partial charge is 0.574 e. The summed E-state index contributed by atoms with van der Waals surface area (Å²) in [6.45, 7) is 0. The van der Waals surface area contributed by atoms with Gasteiger partial charge in [0, 0.05) is 6.07 Å². The maximum absolute atomic E-state index is 11.8. The van der Waals surface area contributed by atoms with Gasteiger partial charge in [-0.3, -0.25) is 4.79 Å². The number of hydrogen-bond donors (Lipinski definition) is 1. The number of nitrogens with zero attached hydrogens (tertiary/aromatic N) is 1. The van der Waals surface area contributed by atoms with E-state index in [9.17, 15) is 18.0 Å². The Hall–Kier alpha value is -1.49. The van der Waals surface area contributed by atoms with Crippen molar-refractivity contribution >= 4 is 15.9 Å². The summed E-state index contributed by atoms with van der Waals surface area (Å²) in [5, 5.41) is 8.46. The minimum absolute atomic E-state index is 0.156. The number of hydrogen-bond acceptors (Lipinski definition) is 3. The smallest absolute Gasteiger partial charge is 0.390 e. The van der Waals surface area contributed by atoms with Gasteiger partial charge >= 0.3 is 6.36 Å². The number of halogens is 4. The van der Waals surface area contributed by atoms with Gasteiger partial charge in [0.05, 0.1) is 0 Å². The van der Waals surface area contributed by atoms with E-state index in [1.54, 1.807) is 0 Å². The molecule has 1 heterocycles. The van der Waals surface area contributed by atoms with Gasteiger partial charge in [-0.2, -0.15) is 5.26 Å². The van der Waals surface area contributed by atoms with Crippen LogP contribution >= 0.6 is 15.9 Å². The molecule has 80 valence electrons. The molecular weight excluding hydrogens is 281 g/mol. The number of rotatable bonds is 1. The standard InChI is InChI=1S/C7H2BrF3N2O2/c8-6-3(2-12)4(14)1-5(13-6)15-7(9,10)11/h1H,(H,13,14). The lowest BCUT2D eigenvalue weighted by molar-refractivity contribution is -0.276. The van der Waals surface area contributed by atoms with Crippen molar-refractivity contribution in [2.24, 2.45) is 0 Å². The first-order valence-electron chi connectivity index (χ1n) is 3.42. The molecule has 1 rings (SSSR count). The fourth-order valence-electron chi connectivity index (χ4n) is 0.790. The van der Waals surface area contributed by atoms with Crippen LogP contribution < -0.4 is 10.2 Å². The van der Waals surface area contributed by atoms with Gasteiger partial charge in [0.15, 0.2) is 0 Å². The second-order valence-corrected chi connectivity index (χ2v) is 3.14. The van der Waals surface area contributed by atoms with E-state index in [1.165, 1.54) is 6.07 Å². The van der Waals surface area contributed by atoms with Gasteiger partial charge in [-0.05, 0) is 15.9 Å². The fourth-order valence-corrected chi connectivity index (χ4v) is 1.27. The Balaban J connectivity index is 3.17. The summed E-state index contributed by atoms with van der Waals surface area (Å²) in [7, 11) is 0. The zero-order valence-corrected chi connectivity index (χ0v) is 8.44. The molecule has 0 fully saturated rings. The monoisotopic (exact) mass is 282 g/mol. The summed E-state index contributed by atoms with van der Waals surface area (Å²) < 4.78 is 38.6. The molecule has 0 saturated heterocycles. The highest BCUT2D eigenvalue weighted by molar-refractivity contribution is 9.10. The first kappa shape index (κ1) is 11.6. The van der Waals surface area contributed by atoms with Crippen LogP contribution in [0.4, 0.5) is 13.2 Å². The summed E-state index contributed by atoms with van der Waals surface area (Å²) >= 11 is 2.74. The van der Waals surface area contributed by atoms with E-state index in [1.807, 2.05) is 0 Å². The van der Waals surface area contributed by atoms with Crippen molar-refractivity contribution in [3.63, 3.8) is 0 Å². The van der Waals surface area contributed by atoms with Gasteiger partial charge in [0.25, 0.3) is 0 Å². The summed E-state index contributed by atoms with van der Waals surface area (Å²) in [5.41, 5.74) is -1.17. The topological polar surface area (TPSA) is 65.9 Å². The van der Waals surface area contributed by atoms with Crippen molar-refractivity contribution in [3.8, 4) is 11.9 Å². The predicted molar refractivity (Wildman–Crippen MR) is 46.2 cm³/mol. The van der Waals surface area contributed by atoms with Crippen molar-refractivity contribution in [2.45, 2.75) is 6.36 Å². The Kier molecular flexibility index (Phi) is 3.04. The average molecular weight is 283 g/mol. The maximum Gasteiger partial charge on any atom is 0.574 e. The van der Waals surface area contributed by atoms with Crippen LogP contribution in [-0.4, -0.2) is 11.3 Å². The highest BCUT2D eigenvalue weighted by atomic mass is 79.9. The molecule has 0 atom stereocenters. The lowest BCUT2D eigenvalue weighted by Gasteiger charge is -2.08. The third kappa shape index (κ3) is 2.99. The van der Waals surface area contributed by atoms with Crippen LogP contribution in [-0.2, 0) is 0 Å². The van der Waals surface area contributed by atoms with Crippen molar-refractivity contribution in [1.29, 1.82) is 5.26 Å². The second kappa shape index (κ2) is 3.94. The van der Waals surface area contributed by atoms with Crippen LogP contribution in [0.25, 0.3) is 0 Å². The minimum Gasteiger partial charge on any atom is -0.390 e. The molecule has 0 radical (unpaired) electrons. The van der Waals surface area contributed by atoms with Crippen molar-refractivity contribution in [2.75, 3.05) is 0 Å². The Morgan fingerprint density at radius 2 is 2.13 bits per heavy atom. The minimum atomic E-state index is -4.89. The summed E-state index contributed by atoms with van der Waals surface area (Å²) in [6.07, 6.45) is -4.89. The normalized spacial score (nSPS) is 10.9. The molecule has 0 aromatic carbocycles. The molecule has 0 bridgehead atoms. The molecule has 0 aliphatic carbocycles. The van der Waals surface area contributed by atoms with Gasteiger partial charge in [-0.15, -0.1) is 13.2 Å². The van der Waals surface area contributed by atoms with Gasteiger partial charge in [-0.25, -0.2) is 0 Å². The molecule has 0 aliphatic heterocycles. The predicted octanol–water partition coefficient (Wildman–Crippen LogP) is 1.91. The van der Waals surface area contributed by atoms with Crippen LogP contribution in [0.1, 0.15) is 5.56 Å². The molecule has 0 unspecified atom stereocenters. The molecule has 0 amide bonds. The molecule has 8 heteroatoms. The molecule has 0 saturated carbocycles. The first-order chi connectivity index (χ1) is 6.83. The maximum atomic E-state index is 11.8. The molecule has 4 nitrogen and oxygen atoms in total. The average Bonchev–Trinajstić information content (AvgIpc) is 1.99. The van der Waals surface area contributed by atoms with Crippen molar-refractivity contribution in [3.05, 3.63) is 26.5 Å². The lowest BCUT2D eigenvalue weighted by atomic mass is 10.3. The second-order valence-electron chi connectivity index (χ2n) is 2.35. The quantitative estimate of drug-likeness (QED) is 0.800. The highest BCUT2D eigenvalue weighted by Crippen LogP contribution is 2.21. The number of aromatic amines is 1. The van der Waals surface area contributed by atoms with Crippen LogP contribution in [0.2, 0.25) is 0 Å². The van der Waals surface area contributed by atoms with E-state index in [2.05, 4.69) is 25.7 Å². The number of aromatic nitrogens is 1. The first-order valence-corrected chi connectivity index (χ1v) is 4.21. The Labute approximate surface area is 89.4 Å². The van der Waals surface area contributed by atoms with Crippen LogP contribution in [0, 0.1) is 11.3 Å². The van der Waals surface area contributed by atoms with E-state index < -0.39 is 17.7 Å². The SMILES string of the molecule is N#Cc1c(Br)[nH]c(OC(F)(F)F)cc1=O. The Bertz CT molecular complexity index is 475. The van der Waals surface area contributed by atoms with Crippen molar-refractivity contribution < 1.29 is 17.9 Å². The molecule has 1 aromatic rings. The van der Waals surface area contributed by atoms with Gasteiger partial charge in [-0.1, -0.05) is 0 Å². The molecule has 15 heavy (non-hydrogen) atoms. The van der Waals surface area contributed by atoms with Crippen LogP contribution in [0.3, 0.4) is 0 Å². The van der Waals surface area contributed by atoms with Crippen LogP contribution in [0.15, 0.2) is 15.5 Å². The number of H-pyrrole nitrogens is 1. The Morgan fingerprint density at radius 3 is 2.53 bits per heavy atom. The summed E-state index contributed by atoms with van der Waals surface area (Å²) in [6, 6.07) is 2.08. The van der Waals surface area contributed by atoms with Gasteiger partial charge in [0.2, 0.25) is 11.3 Å². The van der Waals surface area contributed by atoms with E-state index in [-0.39, 0.29) is 10.2 Å². The van der Waals surface area contributed by atoms with E-state index in [0.29, 0.717) is 6.07 Å². The number of nitriles is 1. The zero-order chi connectivity index (χ0) is 11.6. The number of ether oxygens (including phenoxy) is 1. The number of pyridine rings is 1. The van der Waals surface area contributed by atoms with Gasteiger partial charge in [0.1, 0.15) is 16.2 Å². The Morgan fingerprint density at radius 1 is 1.53 bits per heavy atom. The fraction of sp³-hybridized carbons (Fsp3) is 0.143. The molecule has 0 spiro atoms. The molecular formula is C7H2BrF3N2O2. The number of alkyl halides is 3. The third-order valence-corrected chi connectivity index (χ3v) is 1.89. The van der Waals surface area contributed by atoms with Gasteiger partial charge < -0.3 is 9.72 Å². The van der Waals surface area contributed by atoms with E-state index >= 15 is 0 Å². The summed E-state index contributed by atoms with van der Waals surface area (Å²) in [4.78, 5) is 13.1.